The summed E-state index contributed by atoms with van der Waals surface area (Å²) in [5.41, 5.74) is 4.92. The van der Waals surface area contributed by atoms with Crippen molar-refractivity contribution < 1.29 is 4.74 Å². The third kappa shape index (κ3) is 6.52. The summed E-state index contributed by atoms with van der Waals surface area (Å²) in [6, 6.07) is 54.4. The Hall–Kier alpha value is -3.89. The van der Waals surface area contributed by atoms with E-state index >= 15 is 0 Å². The van der Waals surface area contributed by atoms with E-state index in [-0.39, 0.29) is 16.2 Å². The van der Waals surface area contributed by atoms with Gasteiger partial charge in [-0.25, -0.2) is 0 Å². The second-order valence-electron chi connectivity index (χ2n) is 16.0. The number of hydrogen-bond donors (Lipinski definition) is 0. The minimum absolute atomic E-state index is 0.0268. The first kappa shape index (κ1) is 34.6. The zero-order valence-electron chi connectivity index (χ0n) is 30.7. The standard InChI is InChI=1S/C47H48AsOP/c1-45(2,3)33-29-39-43(41(31-33)48(35-21-13-9-14-22-35)36-23-15-10-16-24-36)49-44-40(47(39,7)8)30-34(46(4,5)6)32-42(44)50(37-25-17-11-18-26-37)38-27-19-12-20-28-38/h9-32H,1-8H3. The third-order valence-corrected chi connectivity index (χ3v) is 17.5. The van der Waals surface area contributed by atoms with Crippen molar-refractivity contribution in [2.75, 3.05) is 0 Å². The Morgan fingerprint density at radius 3 is 1.34 bits per heavy atom. The van der Waals surface area contributed by atoms with Crippen molar-refractivity contribution in [3.63, 3.8) is 0 Å². The Labute approximate surface area is 305 Å². The van der Waals surface area contributed by atoms with Crippen molar-refractivity contribution in [1.82, 2.24) is 0 Å². The molecule has 0 unspecified atom stereocenters. The van der Waals surface area contributed by atoms with Gasteiger partial charge >= 0.3 is 307 Å². The van der Waals surface area contributed by atoms with Crippen LogP contribution in [0, 0.1) is 0 Å². The van der Waals surface area contributed by atoms with Crippen LogP contribution in [0.1, 0.15) is 77.6 Å². The molecule has 0 atom stereocenters. The van der Waals surface area contributed by atoms with Crippen LogP contribution in [0.4, 0.5) is 0 Å². The molecule has 1 aliphatic heterocycles. The molecule has 50 heavy (non-hydrogen) atoms. The van der Waals surface area contributed by atoms with Crippen molar-refractivity contribution in [3.8, 4) is 11.5 Å². The van der Waals surface area contributed by atoms with Gasteiger partial charge in [0, 0.05) is 0 Å². The first-order valence-electron chi connectivity index (χ1n) is 17.7. The van der Waals surface area contributed by atoms with E-state index in [1.165, 1.54) is 51.2 Å². The molecule has 1 heterocycles. The van der Waals surface area contributed by atoms with Crippen LogP contribution in [0.3, 0.4) is 0 Å². The predicted molar refractivity (Wildman–Crippen MR) is 219 cm³/mol. The topological polar surface area (TPSA) is 9.23 Å². The zero-order chi connectivity index (χ0) is 35.3. The van der Waals surface area contributed by atoms with Crippen LogP contribution in [0.2, 0.25) is 0 Å². The Balaban J connectivity index is 1.57. The summed E-state index contributed by atoms with van der Waals surface area (Å²) in [4.78, 5) is 0. The first-order chi connectivity index (χ1) is 23.8. The average Bonchev–Trinajstić information content (AvgIpc) is 3.10. The van der Waals surface area contributed by atoms with Crippen LogP contribution >= 0.6 is 7.92 Å². The number of ether oxygens (including phenoxy) is 1. The summed E-state index contributed by atoms with van der Waals surface area (Å²) in [6.45, 7) is 18.9. The molecule has 3 heteroatoms. The van der Waals surface area contributed by atoms with Crippen molar-refractivity contribution in [2.24, 2.45) is 0 Å². The molecule has 1 nitrogen and oxygen atoms in total. The van der Waals surface area contributed by atoms with Crippen molar-refractivity contribution in [3.05, 3.63) is 168 Å². The van der Waals surface area contributed by atoms with E-state index < -0.39 is 22.6 Å². The molecule has 0 spiro atoms. The minimum atomic E-state index is -2.06. The van der Waals surface area contributed by atoms with E-state index in [2.05, 4.69) is 201 Å². The summed E-state index contributed by atoms with van der Waals surface area (Å²) in [6.07, 6.45) is 0. The average molecular weight is 735 g/mol. The van der Waals surface area contributed by atoms with Gasteiger partial charge in [0.05, 0.1) is 0 Å². The molecule has 0 aromatic heterocycles. The normalized spacial score (nSPS) is 13.9. The molecular formula is C47H48AsOP. The second kappa shape index (κ2) is 13.3. The van der Waals surface area contributed by atoms with Crippen LogP contribution in [0.25, 0.3) is 0 Å². The van der Waals surface area contributed by atoms with E-state index in [0.717, 1.165) is 11.5 Å². The van der Waals surface area contributed by atoms with Gasteiger partial charge < -0.3 is 0 Å². The van der Waals surface area contributed by atoms with E-state index in [9.17, 15) is 0 Å². The molecule has 1 aliphatic rings. The van der Waals surface area contributed by atoms with Crippen molar-refractivity contribution in [2.45, 2.75) is 71.6 Å². The van der Waals surface area contributed by atoms with Gasteiger partial charge in [0.25, 0.3) is 0 Å². The number of fused-ring (bicyclic) bond motifs is 2. The quantitative estimate of drug-likeness (QED) is 0.123. The van der Waals surface area contributed by atoms with Crippen LogP contribution in [-0.4, -0.2) is 14.7 Å². The summed E-state index contributed by atoms with van der Waals surface area (Å²) < 4.78 is 11.8. The number of benzene rings is 6. The molecule has 0 amide bonds. The number of rotatable bonds is 6. The molecular weight excluding hydrogens is 686 g/mol. The third-order valence-electron chi connectivity index (χ3n) is 9.96. The maximum absolute atomic E-state index is 7.61. The summed E-state index contributed by atoms with van der Waals surface area (Å²) >= 11 is -2.06. The molecule has 6 aromatic carbocycles. The molecule has 0 radical (unpaired) electrons. The first-order valence-corrected chi connectivity index (χ1v) is 21.9. The molecule has 7 rings (SSSR count). The Kier molecular flexibility index (Phi) is 9.22. The molecule has 0 N–H and O–H groups in total. The van der Waals surface area contributed by atoms with Gasteiger partial charge in [-0.05, 0) is 0 Å². The molecule has 0 saturated heterocycles. The van der Waals surface area contributed by atoms with Crippen molar-refractivity contribution in [1.29, 1.82) is 0 Å². The molecule has 0 fully saturated rings. The van der Waals surface area contributed by atoms with Gasteiger partial charge in [-0.1, -0.05) is 0 Å². The van der Waals surface area contributed by atoms with Gasteiger partial charge in [-0.2, -0.15) is 0 Å². The summed E-state index contributed by atoms with van der Waals surface area (Å²) in [5.74, 6) is 2.10. The van der Waals surface area contributed by atoms with Crippen molar-refractivity contribution >= 4 is 51.5 Å². The Morgan fingerprint density at radius 2 is 0.900 bits per heavy atom. The molecule has 252 valence electrons. The molecule has 6 aromatic rings. The zero-order valence-corrected chi connectivity index (χ0v) is 33.4. The van der Waals surface area contributed by atoms with Crippen LogP contribution in [0.15, 0.2) is 146 Å². The monoisotopic (exact) mass is 734 g/mol. The predicted octanol–water partition coefficient (Wildman–Crippen LogP) is 8.99. The number of hydrogen-bond acceptors (Lipinski definition) is 1. The van der Waals surface area contributed by atoms with Crippen LogP contribution in [-0.2, 0) is 16.2 Å². The fourth-order valence-electron chi connectivity index (χ4n) is 6.98. The van der Waals surface area contributed by atoms with Crippen LogP contribution in [0.5, 0.6) is 11.5 Å². The van der Waals surface area contributed by atoms with E-state index in [1.807, 2.05) is 0 Å². The van der Waals surface area contributed by atoms with Gasteiger partial charge in [-0.15, -0.1) is 0 Å². The van der Waals surface area contributed by atoms with E-state index in [4.69, 9.17) is 4.74 Å². The van der Waals surface area contributed by atoms with E-state index in [1.54, 1.807) is 0 Å². The SMILES string of the molecule is CC(C)(C)c1cc(P(c2ccccc2)c2ccccc2)c2c(c1)C(C)(C)c1cc(C(C)(C)C)cc([As](c3ccccc3)c3ccccc3)c1O2. The Bertz CT molecular complexity index is 1880. The molecule has 0 bridgehead atoms. The van der Waals surface area contributed by atoms with E-state index in [0.29, 0.717) is 0 Å². The van der Waals surface area contributed by atoms with Gasteiger partial charge in [0.2, 0.25) is 0 Å². The van der Waals surface area contributed by atoms with Gasteiger partial charge in [0.15, 0.2) is 0 Å². The summed E-state index contributed by atoms with van der Waals surface area (Å²) in [5, 5.41) is 3.96. The molecule has 0 saturated carbocycles. The Morgan fingerprint density at radius 1 is 0.500 bits per heavy atom. The van der Waals surface area contributed by atoms with Gasteiger partial charge in [-0.3, -0.25) is 0 Å². The maximum atomic E-state index is 7.61. The molecule has 0 aliphatic carbocycles. The van der Waals surface area contributed by atoms with Crippen LogP contribution < -0.4 is 33.7 Å². The fraction of sp³-hybridized carbons (Fsp3) is 0.234. The fourth-order valence-corrected chi connectivity index (χ4v) is 14.5. The second-order valence-corrected chi connectivity index (χ2v) is 22.8. The van der Waals surface area contributed by atoms with Gasteiger partial charge in [0.1, 0.15) is 0 Å². The summed E-state index contributed by atoms with van der Waals surface area (Å²) in [7, 11) is -0.905.